The Hall–Kier alpha value is -0.830. The SMILES string of the molecule is CC(C)[C@H]1NCCc2[nH]cnc21. The Morgan fingerprint density at radius 2 is 2.42 bits per heavy atom. The van der Waals surface area contributed by atoms with Crippen LogP contribution in [0.1, 0.15) is 31.3 Å². The van der Waals surface area contributed by atoms with Crippen molar-refractivity contribution in [2.24, 2.45) is 5.92 Å². The number of aromatic nitrogens is 2. The van der Waals surface area contributed by atoms with Gasteiger partial charge in [-0.2, -0.15) is 0 Å². The molecule has 1 atom stereocenters. The molecule has 0 unspecified atom stereocenters. The van der Waals surface area contributed by atoms with Gasteiger partial charge in [-0.1, -0.05) is 13.8 Å². The Kier molecular flexibility index (Phi) is 1.89. The minimum Gasteiger partial charge on any atom is -0.348 e. The molecule has 0 spiro atoms. The van der Waals surface area contributed by atoms with Gasteiger partial charge >= 0.3 is 0 Å². The van der Waals surface area contributed by atoms with E-state index in [0.717, 1.165) is 13.0 Å². The van der Waals surface area contributed by atoms with Gasteiger partial charge in [0.2, 0.25) is 0 Å². The standard InChI is InChI=1S/C9H15N3/c1-6(2)8-9-7(3-4-10-8)11-5-12-9/h5-6,8,10H,3-4H2,1-2H3,(H,11,12)/t8-/m1/s1. The molecular weight excluding hydrogens is 150 g/mol. The molecule has 3 nitrogen and oxygen atoms in total. The highest BCUT2D eigenvalue weighted by Crippen LogP contribution is 2.25. The van der Waals surface area contributed by atoms with Gasteiger partial charge < -0.3 is 10.3 Å². The Morgan fingerprint density at radius 3 is 3.17 bits per heavy atom. The molecule has 3 heteroatoms. The molecule has 0 fully saturated rings. The molecule has 2 heterocycles. The van der Waals surface area contributed by atoms with Crippen LogP contribution in [-0.2, 0) is 6.42 Å². The number of hydrogen-bond acceptors (Lipinski definition) is 2. The second kappa shape index (κ2) is 2.90. The molecular formula is C9H15N3. The Balaban J connectivity index is 2.31. The number of rotatable bonds is 1. The monoisotopic (exact) mass is 165 g/mol. The van der Waals surface area contributed by atoms with Crippen molar-refractivity contribution in [3.05, 3.63) is 17.7 Å². The van der Waals surface area contributed by atoms with Gasteiger partial charge in [-0.25, -0.2) is 4.98 Å². The molecule has 2 N–H and O–H groups in total. The summed E-state index contributed by atoms with van der Waals surface area (Å²) in [5, 5.41) is 3.48. The Labute approximate surface area is 72.6 Å². The fourth-order valence-corrected chi connectivity index (χ4v) is 1.80. The second-order valence-corrected chi connectivity index (χ2v) is 3.69. The van der Waals surface area contributed by atoms with E-state index in [1.54, 1.807) is 6.33 Å². The van der Waals surface area contributed by atoms with Crippen LogP contribution >= 0.6 is 0 Å². The van der Waals surface area contributed by atoms with Crippen molar-refractivity contribution in [1.29, 1.82) is 0 Å². The number of imidazole rings is 1. The van der Waals surface area contributed by atoms with Crippen LogP contribution in [0.5, 0.6) is 0 Å². The van der Waals surface area contributed by atoms with Crippen molar-refractivity contribution in [2.75, 3.05) is 6.54 Å². The number of H-pyrrole nitrogens is 1. The molecule has 0 radical (unpaired) electrons. The minimum absolute atomic E-state index is 0.444. The van der Waals surface area contributed by atoms with E-state index in [9.17, 15) is 0 Å². The summed E-state index contributed by atoms with van der Waals surface area (Å²) >= 11 is 0. The number of nitrogens with zero attached hydrogens (tertiary/aromatic N) is 1. The predicted molar refractivity (Wildman–Crippen MR) is 47.9 cm³/mol. The first-order valence-corrected chi connectivity index (χ1v) is 4.54. The highest BCUT2D eigenvalue weighted by Gasteiger charge is 2.24. The van der Waals surface area contributed by atoms with Gasteiger partial charge in [0, 0.05) is 18.7 Å². The average molecular weight is 165 g/mol. The quantitative estimate of drug-likeness (QED) is 0.657. The fraction of sp³-hybridized carbons (Fsp3) is 0.667. The highest BCUT2D eigenvalue weighted by molar-refractivity contribution is 5.19. The third-order valence-electron chi connectivity index (χ3n) is 2.45. The zero-order valence-corrected chi connectivity index (χ0v) is 7.59. The lowest BCUT2D eigenvalue weighted by Gasteiger charge is -2.25. The van der Waals surface area contributed by atoms with Gasteiger partial charge in [-0.15, -0.1) is 0 Å². The Morgan fingerprint density at radius 1 is 1.58 bits per heavy atom. The third-order valence-corrected chi connectivity index (χ3v) is 2.45. The lowest BCUT2D eigenvalue weighted by atomic mass is 9.96. The maximum atomic E-state index is 4.34. The van der Waals surface area contributed by atoms with Crippen molar-refractivity contribution in [3.63, 3.8) is 0 Å². The second-order valence-electron chi connectivity index (χ2n) is 3.69. The summed E-state index contributed by atoms with van der Waals surface area (Å²) in [6.07, 6.45) is 2.88. The third kappa shape index (κ3) is 1.14. The summed E-state index contributed by atoms with van der Waals surface area (Å²) in [6, 6.07) is 0.444. The zero-order valence-electron chi connectivity index (χ0n) is 7.59. The van der Waals surface area contributed by atoms with E-state index in [-0.39, 0.29) is 0 Å². The molecule has 0 aromatic carbocycles. The van der Waals surface area contributed by atoms with Crippen molar-refractivity contribution in [1.82, 2.24) is 15.3 Å². The fourth-order valence-electron chi connectivity index (χ4n) is 1.80. The maximum absolute atomic E-state index is 4.34. The van der Waals surface area contributed by atoms with Gasteiger partial charge in [-0.05, 0) is 5.92 Å². The molecule has 66 valence electrons. The van der Waals surface area contributed by atoms with Gasteiger partial charge in [0.15, 0.2) is 0 Å². The van der Waals surface area contributed by atoms with Crippen LogP contribution in [0.25, 0.3) is 0 Å². The van der Waals surface area contributed by atoms with Gasteiger partial charge in [0.05, 0.1) is 18.1 Å². The van der Waals surface area contributed by atoms with Crippen molar-refractivity contribution < 1.29 is 0 Å². The van der Waals surface area contributed by atoms with E-state index < -0.39 is 0 Å². The molecule has 12 heavy (non-hydrogen) atoms. The van der Waals surface area contributed by atoms with Crippen LogP contribution in [0.4, 0.5) is 0 Å². The van der Waals surface area contributed by atoms with E-state index in [2.05, 4.69) is 29.1 Å². The lowest BCUT2D eigenvalue weighted by molar-refractivity contribution is 0.386. The first-order chi connectivity index (χ1) is 5.79. The molecule has 1 aromatic rings. The number of hydrogen-bond donors (Lipinski definition) is 2. The minimum atomic E-state index is 0.444. The smallest absolute Gasteiger partial charge is 0.0925 e. The molecule has 0 bridgehead atoms. The topological polar surface area (TPSA) is 40.7 Å². The zero-order chi connectivity index (χ0) is 8.55. The van der Waals surface area contributed by atoms with Crippen LogP contribution in [0.15, 0.2) is 6.33 Å². The van der Waals surface area contributed by atoms with Crippen molar-refractivity contribution in [2.45, 2.75) is 26.3 Å². The summed E-state index contributed by atoms with van der Waals surface area (Å²) < 4.78 is 0. The summed E-state index contributed by atoms with van der Waals surface area (Å²) in [7, 11) is 0. The van der Waals surface area contributed by atoms with E-state index >= 15 is 0 Å². The van der Waals surface area contributed by atoms with Gasteiger partial charge in [0.1, 0.15) is 0 Å². The molecule has 0 saturated carbocycles. The lowest BCUT2D eigenvalue weighted by Crippen LogP contribution is -2.33. The Bertz CT molecular complexity index is 264. The van der Waals surface area contributed by atoms with Gasteiger partial charge in [-0.3, -0.25) is 0 Å². The summed E-state index contributed by atoms with van der Waals surface area (Å²) in [5.41, 5.74) is 2.53. The normalized spacial score (nSPS) is 22.8. The molecule has 1 aromatic heterocycles. The number of fused-ring (bicyclic) bond motifs is 1. The highest BCUT2D eigenvalue weighted by atomic mass is 15.0. The van der Waals surface area contributed by atoms with Crippen LogP contribution in [-0.4, -0.2) is 16.5 Å². The molecule has 0 saturated heterocycles. The average Bonchev–Trinajstić information content (AvgIpc) is 2.49. The summed E-state index contributed by atoms with van der Waals surface area (Å²) in [6.45, 7) is 5.51. The van der Waals surface area contributed by atoms with E-state index in [4.69, 9.17) is 0 Å². The molecule has 0 aliphatic carbocycles. The van der Waals surface area contributed by atoms with Gasteiger partial charge in [0.25, 0.3) is 0 Å². The van der Waals surface area contributed by atoms with Crippen molar-refractivity contribution >= 4 is 0 Å². The first kappa shape index (κ1) is 7.80. The van der Waals surface area contributed by atoms with Crippen LogP contribution < -0.4 is 5.32 Å². The first-order valence-electron chi connectivity index (χ1n) is 4.54. The molecule has 2 rings (SSSR count). The molecule has 0 amide bonds. The summed E-state index contributed by atoms with van der Waals surface area (Å²) in [4.78, 5) is 7.53. The van der Waals surface area contributed by atoms with Crippen LogP contribution in [0.2, 0.25) is 0 Å². The van der Waals surface area contributed by atoms with E-state index in [1.807, 2.05) is 0 Å². The number of nitrogens with one attached hydrogen (secondary N) is 2. The molecule has 1 aliphatic rings. The maximum Gasteiger partial charge on any atom is 0.0925 e. The van der Waals surface area contributed by atoms with Crippen LogP contribution in [0.3, 0.4) is 0 Å². The van der Waals surface area contributed by atoms with Crippen LogP contribution in [0, 0.1) is 5.92 Å². The number of aromatic amines is 1. The van der Waals surface area contributed by atoms with E-state index in [0.29, 0.717) is 12.0 Å². The molecule has 1 aliphatic heterocycles. The summed E-state index contributed by atoms with van der Waals surface area (Å²) in [5.74, 6) is 0.618. The largest absolute Gasteiger partial charge is 0.348 e. The van der Waals surface area contributed by atoms with E-state index in [1.165, 1.54) is 11.4 Å². The predicted octanol–water partition coefficient (Wildman–Crippen LogP) is 1.25. The van der Waals surface area contributed by atoms with Crippen molar-refractivity contribution in [3.8, 4) is 0 Å².